The molecule has 0 N–H and O–H groups in total. The molecule has 2 aliphatic heterocycles. The summed E-state index contributed by atoms with van der Waals surface area (Å²) in [5, 5.41) is 2.02. The number of para-hydroxylation sites is 1. The molecule has 0 aliphatic carbocycles. The molecular weight excluding hydrogens is 472 g/mol. The number of benzene rings is 3. The summed E-state index contributed by atoms with van der Waals surface area (Å²) in [6.07, 6.45) is -1.02. The maximum absolute atomic E-state index is 13.8. The minimum atomic E-state index is -1.02. The number of amides is 2. The second-order valence-electron chi connectivity index (χ2n) is 8.07. The minimum Gasteiger partial charge on any atom is -0.493 e. The van der Waals surface area contributed by atoms with Crippen molar-refractivity contribution in [3.63, 3.8) is 0 Å². The molecule has 5 rings (SSSR count). The summed E-state index contributed by atoms with van der Waals surface area (Å²) in [5.41, 5.74) is 1.71. The Morgan fingerprint density at radius 1 is 0.800 bits per heavy atom. The van der Waals surface area contributed by atoms with Gasteiger partial charge in [-0.3, -0.25) is 14.4 Å². The molecule has 3 aromatic rings. The lowest BCUT2D eigenvalue weighted by Gasteiger charge is -2.30. The third-order valence-electron chi connectivity index (χ3n) is 6.25. The summed E-state index contributed by atoms with van der Waals surface area (Å²) in [5.74, 6) is -0.429. The van der Waals surface area contributed by atoms with E-state index in [-0.39, 0.29) is 5.91 Å². The van der Waals surface area contributed by atoms with E-state index in [1.54, 1.807) is 41.5 Å². The fourth-order valence-corrected chi connectivity index (χ4v) is 4.94. The van der Waals surface area contributed by atoms with Crippen LogP contribution in [0.15, 0.2) is 66.7 Å². The molecular formula is C26H23ClN2O6. The monoisotopic (exact) mass is 494 g/mol. The Morgan fingerprint density at radius 3 is 2.17 bits per heavy atom. The van der Waals surface area contributed by atoms with E-state index >= 15 is 0 Å². The molecule has 2 saturated heterocycles. The minimum absolute atomic E-state index is 0.382. The van der Waals surface area contributed by atoms with Crippen LogP contribution in [-0.4, -0.2) is 39.2 Å². The SMILES string of the molecule is COc1ccc([C@@H]2[C@H]3C(=O)N(c4cccc(Cl)c4)C(=O)[C@H]3ON2c2ccccc2)c(OC)c1OC. The van der Waals surface area contributed by atoms with Gasteiger partial charge >= 0.3 is 0 Å². The third kappa shape index (κ3) is 3.66. The molecule has 2 amide bonds. The number of halogens is 1. The quantitative estimate of drug-likeness (QED) is 0.469. The number of methoxy groups -OCH3 is 3. The van der Waals surface area contributed by atoms with Crippen molar-refractivity contribution in [1.29, 1.82) is 0 Å². The molecule has 180 valence electrons. The Morgan fingerprint density at radius 2 is 1.51 bits per heavy atom. The highest BCUT2D eigenvalue weighted by molar-refractivity contribution is 6.31. The molecule has 35 heavy (non-hydrogen) atoms. The molecule has 0 radical (unpaired) electrons. The van der Waals surface area contributed by atoms with Gasteiger partial charge in [-0.25, -0.2) is 9.96 Å². The molecule has 0 spiro atoms. The van der Waals surface area contributed by atoms with E-state index in [4.69, 9.17) is 30.6 Å². The van der Waals surface area contributed by atoms with Crippen LogP contribution in [0.5, 0.6) is 17.2 Å². The van der Waals surface area contributed by atoms with Crippen molar-refractivity contribution in [3.05, 3.63) is 77.3 Å². The van der Waals surface area contributed by atoms with Gasteiger partial charge in [-0.15, -0.1) is 0 Å². The topological polar surface area (TPSA) is 77.5 Å². The second kappa shape index (κ2) is 9.13. The van der Waals surface area contributed by atoms with E-state index < -0.39 is 24.0 Å². The smallest absolute Gasteiger partial charge is 0.266 e. The summed E-state index contributed by atoms with van der Waals surface area (Å²) in [7, 11) is 4.56. The molecule has 3 atom stereocenters. The van der Waals surface area contributed by atoms with Crippen LogP contribution >= 0.6 is 11.6 Å². The number of hydrogen-bond acceptors (Lipinski definition) is 7. The van der Waals surface area contributed by atoms with E-state index in [0.29, 0.717) is 39.2 Å². The van der Waals surface area contributed by atoms with Crippen molar-refractivity contribution in [2.24, 2.45) is 5.92 Å². The van der Waals surface area contributed by atoms with Gasteiger partial charge in [0.15, 0.2) is 17.6 Å². The molecule has 9 heteroatoms. The van der Waals surface area contributed by atoms with E-state index in [0.717, 1.165) is 4.90 Å². The van der Waals surface area contributed by atoms with Crippen LogP contribution in [0, 0.1) is 5.92 Å². The fraction of sp³-hybridized carbons (Fsp3) is 0.231. The van der Waals surface area contributed by atoms with Gasteiger partial charge in [0.05, 0.1) is 32.7 Å². The van der Waals surface area contributed by atoms with Crippen LogP contribution in [0.25, 0.3) is 0 Å². The average molecular weight is 495 g/mol. The normalized spacial score (nSPS) is 21.3. The van der Waals surface area contributed by atoms with Gasteiger partial charge in [-0.1, -0.05) is 35.9 Å². The van der Waals surface area contributed by atoms with Crippen LogP contribution in [0.3, 0.4) is 0 Å². The molecule has 0 unspecified atom stereocenters. The van der Waals surface area contributed by atoms with Crippen molar-refractivity contribution < 1.29 is 28.6 Å². The van der Waals surface area contributed by atoms with Crippen LogP contribution in [0.1, 0.15) is 11.6 Å². The second-order valence-corrected chi connectivity index (χ2v) is 8.51. The van der Waals surface area contributed by atoms with E-state index in [9.17, 15) is 9.59 Å². The number of carbonyl (C=O) groups is 2. The van der Waals surface area contributed by atoms with Gasteiger partial charge in [0.1, 0.15) is 12.0 Å². The summed E-state index contributed by atoms with van der Waals surface area (Å²) in [6, 6.07) is 18.8. The number of hydroxylamine groups is 1. The van der Waals surface area contributed by atoms with Gasteiger partial charge in [-0.2, -0.15) is 0 Å². The van der Waals surface area contributed by atoms with Gasteiger partial charge in [0.2, 0.25) is 11.7 Å². The lowest BCUT2D eigenvalue weighted by atomic mass is 9.89. The standard InChI is InChI=1S/C26H23ClN2O6/c1-32-19-13-12-18(22(33-2)23(19)34-3)21-20-24(35-29(21)16-9-5-4-6-10-16)26(31)28(25(20)30)17-11-7-8-15(27)14-17/h4-14,20-21,24H,1-3H3/t20-,21-,24+/m1/s1. The van der Waals surface area contributed by atoms with Crippen molar-refractivity contribution in [1.82, 2.24) is 0 Å². The molecule has 2 aliphatic rings. The van der Waals surface area contributed by atoms with Crippen LogP contribution in [-0.2, 0) is 14.4 Å². The number of ether oxygens (including phenoxy) is 3. The lowest BCUT2D eigenvalue weighted by Crippen LogP contribution is -2.37. The molecule has 3 aromatic carbocycles. The van der Waals surface area contributed by atoms with E-state index in [1.165, 1.54) is 21.3 Å². The van der Waals surface area contributed by atoms with E-state index in [2.05, 4.69) is 0 Å². The Labute approximate surface area is 207 Å². The first kappa shape index (κ1) is 23.0. The lowest BCUT2D eigenvalue weighted by molar-refractivity contribution is -0.126. The van der Waals surface area contributed by atoms with Crippen LogP contribution < -0.4 is 24.2 Å². The zero-order valence-electron chi connectivity index (χ0n) is 19.3. The predicted octanol–water partition coefficient (Wildman–Crippen LogP) is 4.42. The highest BCUT2D eigenvalue weighted by Gasteiger charge is 2.61. The molecule has 0 bridgehead atoms. The number of fused-ring (bicyclic) bond motifs is 1. The molecule has 2 heterocycles. The fourth-order valence-electron chi connectivity index (χ4n) is 4.76. The Hall–Kier alpha value is -3.75. The molecule has 2 fully saturated rings. The first-order chi connectivity index (χ1) is 17.0. The van der Waals surface area contributed by atoms with Gasteiger partial charge in [0, 0.05) is 10.6 Å². The van der Waals surface area contributed by atoms with E-state index in [1.807, 2.05) is 30.3 Å². The number of carbonyl (C=O) groups excluding carboxylic acids is 2. The first-order valence-corrected chi connectivity index (χ1v) is 11.3. The highest BCUT2D eigenvalue weighted by Crippen LogP contribution is 2.52. The summed E-state index contributed by atoms with van der Waals surface area (Å²) in [6.45, 7) is 0. The number of imide groups is 1. The largest absolute Gasteiger partial charge is 0.493 e. The maximum Gasteiger partial charge on any atom is 0.266 e. The van der Waals surface area contributed by atoms with Gasteiger partial charge < -0.3 is 14.2 Å². The van der Waals surface area contributed by atoms with Gasteiger partial charge in [-0.05, 0) is 42.5 Å². The zero-order chi connectivity index (χ0) is 24.7. The van der Waals surface area contributed by atoms with Crippen LogP contribution in [0.4, 0.5) is 11.4 Å². The zero-order valence-corrected chi connectivity index (χ0v) is 20.1. The Bertz CT molecular complexity index is 1280. The van der Waals surface area contributed by atoms with Gasteiger partial charge in [0.25, 0.3) is 5.91 Å². The summed E-state index contributed by atoms with van der Waals surface area (Å²) < 4.78 is 16.7. The highest BCUT2D eigenvalue weighted by atomic mass is 35.5. The van der Waals surface area contributed by atoms with Crippen molar-refractivity contribution in [2.45, 2.75) is 12.1 Å². The van der Waals surface area contributed by atoms with Crippen molar-refractivity contribution in [3.8, 4) is 17.2 Å². The third-order valence-corrected chi connectivity index (χ3v) is 6.48. The maximum atomic E-state index is 13.8. The summed E-state index contributed by atoms with van der Waals surface area (Å²) in [4.78, 5) is 34.6. The average Bonchev–Trinajstić information content (AvgIpc) is 3.39. The molecule has 0 aromatic heterocycles. The number of hydrogen-bond donors (Lipinski definition) is 0. The Balaban J connectivity index is 1.66. The number of nitrogens with zero attached hydrogens (tertiary/aromatic N) is 2. The van der Waals surface area contributed by atoms with Crippen LogP contribution in [0.2, 0.25) is 5.02 Å². The predicted molar refractivity (Wildman–Crippen MR) is 130 cm³/mol. The molecule has 8 nitrogen and oxygen atoms in total. The Kier molecular flexibility index (Phi) is 6.00. The summed E-state index contributed by atoms with van der Waals surface area (Å²) >= 11 is 6.14. The number of rotatable bonds is 6. The van der Waals surface area contributed by atoms with Crippen molar-refractivity contribution in [2.75, 3.05) is 31.3 Å². The molecule has 0 saturated carbocycles. The number of anilines is 2. The first-order valence-electron chi connectivity index (χ1n) is 10.9. The van der Waals surface area contributed by atoms with Crippen molar-refractivity contribution >= 4 is 34.8 Å².